The van der Waals surface area contributed by atoms with Crippen LogP contribution >= 0.6 is 0 Å². The number of nitrogens with one attached hydrogen (secondary N) is 2. The fraction of sp³-hybridized carbons (Fsp3) is 0.714. The lowest BCUT2D eigenvalue weighted by Crippen LogP contribution is -2.44. The lowest BCUT2D eigenvalue weighted by atomic mass is 10.1. The quantitative estimate of drug-likeness (QED) is 0.435. The summed E-state index contributed by atoms with van der Waals surface area (Å²) in [5.74, 6) is -0.168. The van der Waals surface area contributed by atoms with Crippen LogP contribution in [0.4, 0.5) is 0 Å². The Labute approximate surface area is 66.6 Å². The molecule has 2 N–H and O–H groups in total. The fourth-order valence-electron chi connectivity index (χ4n) is 0.582. The van der Waals surface area contributed by atoms with Crippen LogP contribution < -0.4 is 10.6 Å². The van der Waals surface area contributed by atoms with Gasteiger partial charge in [-0.1, -0.05) is 0 Å². The molecule has 1 amide bonds. The minimum Gasteiger partial charge on any atom is -0.350 e. The maximum Gasteiger partial charge on any atom is 0.240 e. The zero-order chi connectivity index (χ0) is 8.91. The van der Waals surface area contributed by atoms with E-state index in [0.29, 0.717) is 0 Å². The third kappa shape index (κ3) is 6.65. The second kappa shape index (κ2) is 3.81. The Morgan fingerprint density at radius 1 is 1.55 bits per heavy atom. The Bertz CT molecular complexity index is 175. The van der Waals surface area contributed by atoms with E-state index >= 15 is 0 Å². The summed E-state index contributed by atoms with van der Waals surface area (Å²) in [6.07, 6.45) is 1.67. The standard InChI is InChI=1S/C7H13N3O/c1-7(2,3)10-6(11)4-9-5-8/h9H,4H2,1-3H3,(H,10,11). The highest BCUT2D eigenvalue weighted by Gasteiger charge is 2.12. The van der Waals surface area contributed by atoms with Crippen LogP contribution in [0.3, 0.4) is 0 Å². The minimum atomic E-state index is -0.228. The van der Waals surface area contributed by atoms with Gasteiger partial charge in [-0.15, -0.1) is 0 Å². The summed E-state index contributed by atoms with van der Waals surface area (Å²) >= 11 is 0. The zero-order valence-corrected chi connectivity index (χ0v) is 7.06. The van der Waals surface area contributed by atoms with Crippen LogP contribution in [0.2, 0.25) is 0 Å². The van der Waals surface area contributed by atoms with E-state index < -0.39 is 0 Å². The summed E-state index contributed by atoms with van der Waals surface area (Å²) in [6, 6.07) is 0. The highest BCUT2D eigenvalue weighted by atomic mass is 16.2. The SMILES string of the molecule is CC(C)(C)NC(=O)CNC#N. The van der Waals surface area contributed by atoms with Crippen LogP contribution in [0.1, 0.15) is 20.8 Å². The Morgan fingerprint density at radius 3 is 2.45 bits per heavy atom. The lowest BCUT2D eigenvalue weighted by Gasteiger charge is -2.19. The first-order valence-electron chi connectivity index (χ1n) is 3.38. The van der Waals surface area contributed by atoms with Crippen LogP contribution in [0.15, 0.2) is 0 Å². The van der Waals surface area contributed by atoms with Gasteiger partial charge >= 0.3 is 0 Å². The van der Waals surface area contributed by atoms with Gasteiger partial charge in [-0.05, 0) is 20.8 Å². The first kappa shape index (κ1) is 9.76. The number of carbonyl (C=O) groups excluding carboxylic acids is 1. The van der Waals surface area contributed by atoms with Crippen molar-refractivity contribution in [3.8, 4) is 6.19 Å². The number of rotatable bonds is 2. The Kier molecular flexibility index (Phi) is 3.38. The number of amides is 1. The molecule has 0 atom stereocenters. The monoisotopic (exact) mass is 155 g/mol. The second-order valence-corrected chi connectivity index (χ2v) is 3.26. The van der Waals surface area contributed by atoms with Gasteiger partial charge in [0.15, 0.2) is 6.19 Å². The summed E-state index contributed by atoms with van der Waals surface area (Å²) in [5.41, 5.74) is -0.228. The lowest BCUT2D eigenvalue weighted by molar-refractivity contribution is -0.121. The summed E-state index contributed by atoms with van der Waals surface area (Å²) in [4.78, 5) is 10.9. The third-order valence-electron chi connectivity index (χ3n) is 0.842. The second-order valence-electron chi connectivity index (χ2n) is 3.26. The number of carbonyl (C=O) groups is 1. The largest absolute Gasteiger partial charge is 0.350 e. The van der Waals surface area contributed by atoms with Crippen molar-refractivity contribution in [1.82, 2.24) is 10.6 Å². The molecule has 0 aliphatic rings. The predicted molar refractivity (Wildman–Crippen MR) is 41.5 cm³/mol. The van der Waals surface area contributed by atoms with Crippen molar-refractivity contribution in [3.63, 3.8) is 0 Å². The molecule has 62 valence electrons. The van der Waals surface area contributed by atoms with E-state index in [4.69, 9.17) is 5.26 Å². The molecule has 0 spiro atoms. The molecule has 0 unspecified atom stereocenters. The van der Waals surface area contributed by atoms with Crippen LogP contribution in [0.5, 0.6) is 0 Å². The van der Waals surface area contributed by atoms with Crippen molar-refractivity contribution in [1.29, 1.82) is 5.26 Å². The van der Waals surface area contributed by atoms with Crippen LogP contribution in [0.25, 0.3) is 0 Å². The van der Waals surface area contributed by atoms with E-state index in [1.165, 1.54) is 0 Å². The molecule has 4 heteroatoms. The topological polar surface area (TPSA) is 64.9 Å². The van der Waals surface area contributed by atoms with Crippen LogP contribution in [-0.2, 0) is 4.79 Å². The number of hydrogen-bond acceptors (Lipinski definition) is 3. The molecule has 0 aliphatic heterocycles. The molecule has 0 radical (unpaired) electrons. The molecule has 0 bridgehead atoms. The average molecular weight is 155 g/mol. The zero-order valence-electron chi connectivity index (χ0n) is 7.06. The van der Waals surface area contributed by atoms with E-state index in [0.717, 1.165) is 0 Å². The molecule has 0 aliphatic carbocycles. The number of nitriles is 1. The molecular weight excluding hydrogens is 142 g/mol. The first-order valence-corrected chi connectivity index (χ1v) is 3.38. The summed E-state index contributed by atoms with van der Waals surface area (Å²) in [7, 11) is 0. The number of hydrogen-bond donors (Lipinski definition) is 2. The van der Waals surface area contributed by atoms with E-state index in [2.05, 4.69) is 10.6 Å². The molecule has 0 heterocycles. The predicted octanol–water partition coefficient (Wildman–Crippen LogP) is -0.0282. The molecule has 0 aromatic carbocycles. The Balaban J connectivity index is 3.64. The van der Waals surface area contributed by atoms with E-state index in [-0.39, 0.29) is 18.0 Å². The highest BCUT2D eigenvalue weighted by molar-refractivity contribution is 5.78. The van der Waals surface area contributed by atoms with Crippen molar-refractivity contribution in [3.05, 3.63) is 0 Å². The van der Waals surface area contributed by atoms with Crippen molar-refractivity contribution < 1.29 is 4.79 Å². The summed E-state index contributed by atoms with van der Waals surface area (Å²) in [5, 5.41) is 13.0. The average Bonchev–Trinajstić information content (AvgIpc) is 1.79. The first-order chi connectivity index (χ1) is 4.95. The van der Waals surface area contributed by atoms with E-state index in [1.54, 1.807) is 6.19 Å². The van der Waals surface area contributed by atoms with Crippen molar-refractivity contribution in [2.45, 2.75) is 26.3 Å². The van der Waals surface area contributed by atoms with Crippen molar-refractivity contribution >= 4 is 5.91 Å². The summed E-state index contributed by atoms with van der Waals surface area (Å²) < 4.78 is 0. The normalized spacial score (nSPS) is 10.0. The Morgan fingerprint density at radius 2 is 2.09 bits per heavy atom. The molecule has 0 rings (SSSR count). The molecule has 4 nitrogen and oxygen atoms in total. The Hall–Kier alpha value is -1.24. The maximum atomic E-state index is 10.9. The van der Waals surface area contributed by atoms with E-state index in [9.17, 15) is 4.79 Å². The number of nitrogens with zero attached hydrogens (tertiary/aromatic N) is 1. The van der Waals surface area contributed by atoms with Crippen molar-refractivity contribution in [2.75, 3.05) is 6.54 Å². The van der Waals surface area contributed by atoms with Gasteiger partial charge in [0.2, 0.25) is 5.91 Å². The molecule has 0 aromatic rings. The van der Waals surface area contributed by atoms with Gasteiger partial charge in [0.05, 0.1) is 0 Å². The third-order valence-corrected chi connectivity index (χ3v) is 0.842. The van der Waals surface area contributed by atoms with Gasteiger partial charge in [0.25, 0.3) is 0 Å². The molecule has 0 fully saturated rings. The van der Waals surface area contributed by atoms with Gasteiger partial charge in [-0.2, -0.15) is 5.26 Å². The smallest absolute Gasteiger partial charge is 0.240 e. The molecule has 11 heavy (non-hydrogen) atoms. The minimum absolute atomic E-state index is 0.0494. The maximum absolute atomic E-state index is 10.9. The van der Waals surface area contributed by atoms with Gasteiger partial charge in [-0.25, -0.2) is 0 Å². The van der Waals surface area contributed by atoms with Gasteiger partial charge in [-0.3, -0.25) is 4.79 Å². The van der Waals surface area contributed by atoms with E-state index in [1.807, 2.05) is 20.8 Å². The van der Waals surface area contributed by atoms with Gasteiger partial charge < -0.3 is 10.6 Å². The fourth-order valence-corrected chi connectivity index (χ4v) is 0.582. The van der Waals surface area contributed by atoms with Gasteiger partial charge in [0, 0.05) is 5.54 Å². The van der Waals surface area contributed by atoms with Crippen molar-refractivity contribution in [2.24, 2.45) is 0 Å². The molecule has 0 saturated heterocycles. The van der Waals surface area contributed by atoms with Crippen LogP contribution in [0, 0.1) is 11.5 Å². The molecular formula is C7H13N3O. The van der Waals surface area contributed by atoms with Gasteiger partial charge in [0.1, 0.15) is 6.54 Å². The molecule has 0 saturated carbocycles. The van der Waals surface area contributed by atoms with Crippen LogP contribution in [-0.4, -0.2) is 18.0 Å². The molecule has 0 aromatic heterocycles. The summed E-state index contributed by atoms with van der Waals surface area (Å²) in [6.45, 7) is 5.71. The highest BCUT2D eigenvalue weighted by Crippen LogP contribution is 1.96.